The number of methoxy groups -OCH3 is 1. The van der Waals surface area contributed by atoms with Gasteiger partial charge in [0.25, 0.3) is 0 Å². The number of piperazine rings is 1. The van der Waals surface area contributed by atoms with Crippen LogP contribution >= 0.6 is 0 Å². The zero-order chi connectivity index (χ0) is 29.1. The van der Waals surface area contributed by atoms with Crippen molar-refractivity contribution in [2.24, 2.45) is 5.92 Å². The van der Waals surface area contributed by atoms with Crippen molar-refractivity contribution in [1.82, 2.24) is 19.8 Å². The number of fused-ring (bicyclic) bond motifs is 1. The van der Waals surface area contributed by atoms with E-state index in [9.17, 15) is 9.90 Å². The van der Waals surface area contributed by atoms with Gasteiger partial charge in [-0.05, 0) is 55.9 Å². The summed E-state index contributed by atoms with van der Waals surface area (Å²) in [5.41, 5.74) is 3.71. The number of piperidine rings is 1. The number of aromatic hydroxyl groups is 1. The third-order valence-corrected chi connectivity index (χ3v) is 8.92. The molecule has 8 heteroatoms. The van der Waals surface area contributed by atoms with Gasteiger partial charge in [-0.1, -0.05) is 54.1 Å². The molecule has 42 heavy (non-hydrogen) atoms. The highest BCUT2D eigenvalue weighted by Crippen LogP contribution is 2.31. The van der Waals surface area contributed by atoms with E-state index in [-0.39, 0.29) is 17.9 Å². The van der Waals surface area contributed by atoms with E-state index in [0.29, 0.717) is 5.75 Å². The molecule has 2 fully saturated rings. The molecule has 1 aliphatic carbocycles. The second-order valence-corrected chi connectivity index (χ2v) is 11.7. The van der Waals surface area contributed by atoms with E-state index in [0.717, 1.165) is 93.7 Å². The fourth-order valence-corrected chi connectivity index (χ4v) is 6.52. The van der Waals surface area contributed by atoms with E-state index >= 15 is 0 Å². The Kier molecular flexibility index (Phi) is 8.53. The summed E-state index contributed by atoms with van der Waals surface area (Å²) in [6.07, 6.45) is 8.10. The molecular weight excluding hydrogens is 526 g/mol. The van der Waals surface area contributed by atoms with Crippen LogP contribution in [0.5, 0.6) is 5.75 Å². The van der Waals surface area contributed by atoms with Crippen molar-refractivity contribution in [2.45, 2.75) is 45.2 Å². The zero-order valence-electron chi connectivity index (χ0n) is 24.7. The minimum atomic E-state index is -0.103. The largest absolute Gasteiger partial charge is 0.508 e. The van der Waals surface area contributed by atoms with Gasteiger partial charge < -0.3 is 14.7 Å². The zero-order valence-corrected chi connectivity index (χ0v) is 24.7. The molecule has 2 saturated heterocycles. The number of phenolic OH excluding ortho intramolecular Hbond substituents is 1. The Morgan fingerprint density at radius 1 is 0.905 bits per heavy atom. The molecule has 1 N–H and O–H groups in total. The van der Waals surface area contributed by atoms with Crippen molar-refractivity contribution in [3.05, 3.63) is 81.6 Å². The van der Waals surface area contributed by atoms with Gasteiger partial charge in [0, 0.05) is 44.5 Å². The summed E-state index contributed by atoms with van der Waals surface area (Å²) in [5.74, 6) is 2.04. The average Bonchev–Trinajstić information content (AvgIpc) is 3.03. The predicted octanol–water partition coefficient (Wildman–Crippen LogP) is 3.14. The summed E-state index contributed by atoms with van der Waals surface area (Å²) in [6, 6.07) is 16.6. The number of esters is 1. The fraction of sp³-hybridized carbons (Fsp3) is 0.441. The standard InChI is InChI=1S/C34H41N5O3/c1-24-7-9-25(10-8-24)32(26-11-13-28(40)14-12-26)38-21-19-37(20-22-38)23-31-35-30-6-4-3-5-29(30)33(36-31)39-17-15-27(16-18-39)34(41)42-2/h5-14,27,32,40H,3-4,15-23H2,1-2H3. The second-order valence-electron chi connectivity index (χ2n) is 11.7. The number of phenols is 1. The van der Waals surface area contributed by atoms with Crippen molar-refractivity contribution in [2.75, 3.05) is 51.3 Å². The van der Waals surface area contributed by atoms with Gasteiger partial charge in [-0.2, -0.15) is 0 Å². The van der Waals surface area contributed by atoms with Gasteiger partial charge in [0.2, 0.25) is 0 Å². The molecule has 1 aromatic heterocycles. The van der Waals surface area contributed by atoms with Gasteiger partial charge in [-0.15, -0.1) is 0 Å². The maximum atomic E-state index is 12.1. The molecule has 3 aromatic rings. The molecule has 0 amide bonds. The molecule has 6 rings (SSSR count). The minimum absolute atomic E-state index is 0.0273. The van der Waals surface area contributed by atoms with Crippen molar-refractivity contribution in [3.63, 3.8) is 0 Å². The monoisotopic (exact) mass is 567 g/mol. The molecule has 1 atom stereocenters. The quantitative estimate of drug-likeness (QED) is 0.437. The Morgan fingerprint density at radius 2 is 1.55 bits per heavy atom. The lowest BCUT2D eigenvalue weighted by atomic mass is 9.95. The van der Waals surface area contributed by atoms with Crippen LogP contribution in [0.1, 0.15) is 54.2 Å². The normalized spacial score (nSPS) is 19.0. The van der Waals surface area contributed by atoms with Crippen LogP contribution in [0, 0.1) is 12.8 Å². The predicted molar refractivity (Wildman–Crippen MR) is 164 cm³/mol. The number of rotatable bonds is 7. The molecular formula is C34H41N5O3. The van der Waals surface area contributed by atoms with Gasteiger partial charge in [0.15, 0.2) is 0 Å². The molecule has 0 bridgehead atoms. The lowest BCUT2D eigenvalue weighted by Crippen LogP contribution is -2.48. The average molecular weight is 568 g/mol. The van der Waals surface area contributed by atoms with Crippen LogP contribution in [0.4, 0.5) is 5.82 Å². The number of anilines is 1. The molecule has 1 unspecified atom stereocenters. The first-order valence-corrected chi connectivity index (χ1v) is 15.2. The summed E-state index contributed by atoms with van der Waals surface area (Å²) in [6.45, 7) is 8.14. The smallest absolute Gasteiger partial charge is 0.308 e. The highest BCUT2D eigenvalue weighted by molar-refractivity contribution is 5.72. The Labute approximate surface area is 248 Å². The van der Waals surface area contributed by atoms with Crippen LogP contribution in [0.3, 0.4) is 0 Å². The third kappa shape index (κ3) is 6.20. The molecule has 3 aliphatic rings. The van der Waals surface area contributed by atoms with Crippen LogP contribution in [-0.4, -0.2) is 77.2 Å². The van der Waals surface area contributed by atoms with Crippen LogP contribution in [-0.2, 0) is 16.1 Å². The van der Waals surface area contributed by atoms with Crippen LogP contribution in [0.2, 0.25) is 0 Å². The van der Waals surface area contributed by atoms with Crippen molar-refractivity contribution < 1.29 is 14.6 Å². The molecule has 2 aromatic carbocycles. The molecule has 8 nitrogen and oxygen atoms in total. The Morgan fingerprint density at radius 3 is 2.21 bits per heavy atom. The van der Waals surface area contributed by atoms with Gasteiger partial charge >= 0.3 is 5.97 Å². The van der Waals surface area contributed by atoms with Crippen LogP contribution in [0.25, 0.3) is 12.2 Å². The van der Waals surface area contributed by atoms with Crippen molar-refractivity contribution >= 4 is 23.9 Å². The molecule has 3 heterocycles. The Hall–Kier alpha value is -3.75. The summed E-state index contributed by atoms with van der Waals surface area (Å²) in [5, 5.41) is 12.1. The molecule has 0 radical (unpaired) electrons. The summed E-state index contributed by atoms with van der Waals surface area (Å²) >= 11 is 0. The first-order chi connectivity index (χ1) is 20.5. The number of hydrogen-bond donors (Lipinski definition) is 1. The second kappa shape index (κ2) is 12.6. The van der Waals surface area contributed by atoms with Crippen LogP contribution in [0.15, 0.2) is 48.5 Å². The molecule has 2 aliphatic heterocycles. The summed E-state index contributed by atoms with van der Waals surface area (Å²) in [4.78, 5) is 29.5. The summed E-state index contributed by atoms with van der Waals surface area (Å²) < 4.78 is 4.99. The van der Waals surface area contributed by atoms with Gasteiger partial charge in [-0.25, -0.2) is 9.97 Å². The number of hydrogen-bond acceptors (Lipinski definition) is 8. The number of benzene rings is 2. The van der Waals surface area contributed by atoms with E-state index < -0.39 is 0 Å². The highest BCUT2D eigenvalue weighted by atomic mass is 16.5. The van der Waals surface area contributed by atoms with Gasteiger partial charge in [-0.3, -0.25) is 14.6 Å². The first-order valence-electron chi connectivity index (χ1n) is 15.2. The Bertz CT molecular complexity index is 1460. The third-order valence-electron chi connectivity index (χ3n) is 8.92. The number of ether oxygens (including phenoxy) is 1. The van der Waals surface area contributed by atoms with E-state index in [1.807, 2.05) is 12.1 Å². The van der Waals surface area contributed by atoms with E-state index in [1.54, 1.807) is 12.1 Å². The van der Waals surface area contributed by atoms with Crippen LogP contribution < -0.4 is 15.5 Å². The summed E-state index contributed by atoms with van der Waals surface area (Å²) in [7, 11) is 1.47. The lowest BCUT2D eigenvalue weighted by molar-refractivity contribution is -0.146. The number of carbonyl (C=O) groups excluding carboxylic acids is 1. The topological polar surface area (TPSA) is 82.0 Å². The molecule has 220 valence electrons. The maximum absolute atomic E-state index is 12.1. The van der Waals surface area contributed by atoms with Crippen molar-refractivity contribution in [3.8, 4) is 5.75 Å². The minimum Gasteiger partial charge on any atom is -0.508 e. The van der Waals surface area contributed by atoms with Gasteiger partial charge in [0.05, 0.1) is 31.0 Å². The van der Waals surface area contributed by atoms with E-state index in [2.05, 4.69) is 58.0 Å². The fourth-order valence-electron chi connectivity index (χ4n) is 6.52. The number of aromatic nitrogens is 2. The highest BCUT2D eigenvalue weighted by Gasteiger charge is 2.29. The SMILES string of the molecule is COC(=O)C1CCN(c2nc(CN3CCN(C(c4ccc(C)cc4)c4ccc(O)cc4)CC3)nc3c2=CCCC=3)CC1. The van der Waals surface area contributed by atoms with E-state index in [4.69, 9.17) is 14.7 Å². The number of carbonyl (C=O) groups is 1. The lowest BCUT2D eigenvalue weighted by Gasteiger charge is -2.39. The first kappa shape index (κ1) is 28.4. The molecule has 0 spiro atoms. The Balaban J connectivity index is 1.17. The van der Waals surface area contributed by atoms with Gasteiger partial charge in [0.1, 0.15) is 17.4 Å². The number of aryl methyl sites for hydroxylation is 1. The van der Waals surface area contributed by atoms with E-state index in [1.165, 1.54) is 23.8 Å². The molecule has 0 saturated carbocycles. The van der Waals surface area contributed by atoms with Crippen molar-refractivity contribution in [1.29, 1.82) is 0 Å². The number of nitrogens with zero attached hydrogens (tertiary/aromatic N) is 5. The maximum Gasteiger partial charge on any atom is 0.308 e.